The molecule has 2 atom stereocenters. The molecule has 0 unspecified atom stereocenters. The first-order chi connectivity index (χ1) is 12.9. The fourth-order valence-electron chi connectivity index (χ4n) is 3.32. The number of sulfonamides is 1. The number of nitriles is 1. The van der Waals surface area contributed by atoms with Gasteiger partial charge in [0.25, 0.3) is 0 Å². The normalized spacial score (nSPS) is 24.5. The predicted molar refractivity (Wildman–Crippen MR) is 94.1 cm³/mol. The van der Waals surface area contributed by atoms with E-state index in [2.05, 4.69) is 15.3 Å². The third-order valence-electron chi connectivity index (χ3n) is 4.87. The zero-order valence-corrected chi connectivity index (χ0v) is 15.5. The Balaban J connectivity index is 1.64. The van der Waals surface area contributed by atoms with Crippen LogP contribution in [-0.4, -0.2) is 65.1 Å². The largest absolute Gasteiger partial charge is 0.471 e. The lowest BCUT2D eigenvalue weighted by Gasteiger charge is -2.30. The van der Waals surface area contributed by atoms with Gasteiger partial charge in [-0.3, -0.25) is 0 Å². The molecular formula is C16H22FN5O4S. The summed E-state index contributed by atoms with van der Waals surface area (Å²) < 4.78 is 42.6. The smallest absolute Gasteiger partial charge is 0.243 e. The highest BCUT2D eigenvalue weighted by atomic mass is 32.2. The molecule has 0 amide bonds. The van der Waals surface area contributed by atoms with Gasteiger partial charge in [-0.2, -0.15) is 14.6 Å². The van der Waals surface area contributed by atoms with Crippen LogP contribution in [0.1, 0.15) is 37.7 Å². The van der Waals surface area contributed by atoms with Gasteiger partial charge < -0.3 is 15.2 Å². The van der Waals surface area contributed by atoms with Gasteiger partial charge in [0.2, 0.25) is 27.9 Å². The van der Waals surface area contributed by atoms with E-state index in [9.17, 15) is 23.2 Å². The Bertz CT molecular complexity index is 808. The first kappa shape index (κ1) is 19.7. The fourth-order valence-corrected chi connectivity index (χ4v) is 4.22. The highest BCUT2D eigenvalue weighted by Gasteiger charge is 2.30. The topological polar surface area (TPSA) is 128 Å². The molecule has 2 heterocycles. The van der Waals surface area contributed by atoms with Gasteiger partial charge in [0.15, 0.2) is 0 Å². The molecule has 3 rings (SSSR count). The summed E-state index contributed by atoms with van der Waals surface area (Å²) in [7, 11) is -3.82. The van der Waals surface area contributed by atoms with Crippen LogP contribution in [0.25, 0.3) is 0 Å². The predicted octanol–water partition coefficient (Wildman–Crippen LogP) is 0.774. The molecule has 11 heteroatoms. The van der Waals surface area contributed by atoms with Gasteiger partial charge in [0, 0.05) is 19.1 Å². The maximum absolute atomic E-state index is 12.6. The number of hydrogen-bond donors (Lipinski definition) is 2. The Morgan fingerprint density at radius 3 is 2.70 bits per heavy atom. The molecule has 1 saturated heterocycles. The van der Waals surface area contributed by atoms with Crippen molar-refractivity contribution in [3.8, 4) is 11.9 Å². The van der Waals surface area contributed by atoms with Crippen molar-refractivity contribution in [3.05, 3.63) is 11.8 Å². The summed E-state index contributed by atoms with van der Waals surface area (Å²) in [4.78, 5) is 8.35. The van der Waals surface area contributed by atoms with Crippen LogP contribution in [-0.2, 0) is 10.0 Å². The van der Waals surface area contributed by atoms with Crippen LogP contribution >= 0.6 is 0 Å². The standard InChI is InChI=1S/C16H22FN5O4S/c17-10-27(24,25)22-6-4-12(5-7-22)20-16-19-9-11(8-18)15(21-16)26-14-3-1-2-13(14)23/h9,12-14,23H,1-7,10H2,(H,19,20,21)/t13-,14+/m0/s1. The van der Waals surface area contributed by atoms with Gasteiger partial charge >= 0.3 is 0 Å². The van der Waals surface area contributed by atoms with Crippen LogP contribution in [0.5, 0.6) is 5.88 Å². The minimum Gasteiger partial charge on any atom is -0.471 e. The van der Waals surface area contributed by atoms with Crippen molar-refractivity contribution >= 4 is 16.0 Å². The molecule has 2 fully saturated rings. The van der Waals surface area contributed by atoms with E-state index in [1.807, 2.05) is 6.07 Å². The maximum atomic E-state index is 12.6. The van der Waals surface area contributed by atoms with E-state index >= 15 is 0 Å². The highest BCUT2D eigenvalue weighted by Crippen LogP contribution is 2.26. The number of aliphatic hydroxyl groups is 1. The first-order valence-electron chi connectivity index (χ1n) is 8.85. The molecule has 9 nitrogen and oxygen atoms in total. The van der Waals surface area contributed by atoms with E-state index in [0.29, 0.717) is 25.7 Å². The van der Waals surface area contributed by atoms with Gasteiger partial charge in [-0.15, -0.1) is 0 Å². The monoisotopic (exact) mass is 399 g/mol. The molecule has 1 aliphatic carbocycles. The van der Waals surface area contributed by atoms with Crippen LogP contribution in [0, 0.1) is 11.3 Å². The van der Waals surface area contributed by atoms with Crippen LogP contribution in [0.4, 0.5) is 10.3 Å². The molecule has 1 aromatic rings. The molecule has 27 heavy (non-hydrogen) atoms. The van der Waals surface area contributed by atoms with E-state index in [1.54, 1.807) is 0 Å². The van der Waals surface area contributed by atoms with Crippen LogP contribution < -0.4 is 10.1 Å². The average molecular weight is 399 g/mol. The Labute approximate surface area is 157 Å². The van der Waals surface area contributed by atoms with Crippen molar-refractivity contribution in [2.75, 3.05) is 24.4 Å². The number of piperidine rings is 1. The number of aromatic nitrogens is 2. The molecule has 0 spiro atoms. The zero-order valence-electron chi connectivity index (χ0n) is 14.7. The SMILES string of the molecule is N#Cc1cnc(NC2CCN(S(=O)(=O)CF)CC2)nc1O[C@@H]1CCC[C@@H]1O. The number of rotatable bonds is 6. The molecule has 1 saturated carbocycles. The van der Waals surface area contributed by atoms with E-state index < -0.39 is 28.2 Å². The minimum absolute atomic E-state index is 0.0751. The zero-order chi connectivity index (χ0) is 19.4. The second kappa shape index (κ2) is 8.33. The van der Waals surface area contributed by atoms with Crippen molar-refractivity contribution < 1.29 is 22.7 Å². The van der Waals surface area contributed by atoms with Crippen LogP contribution in [0.2, 0.25) is 0 Å². The molecule has 1 aliphatic heterocycles. The second-order valence-electron chi connectivity index (χ2n) is 6.72. The van der Waals surface area contributed by atoms with E-state index in [0.717, 1.165) is 10.7 Å². The molecule has 0 bridgehead atoms. The number of hydrogen-bond acceptors (Lipinski definition) is 8. The summed E-state index contributed by atoms with van der Waals surface area (Å²) in [6, 6.07) is 0.509. The van der Waals surface area contributed by atoms with Gasteiger partial charge in [-0.05, 0) is 32.1 Å². The number of nitrogens with zero attached hydrogens (tertiary/aromatic N) is 4. The molecule has 2 N–H and O–H groups in total. The lowest BCUT2D eigenvalue weighted by atomic mass is 10.1. The van der Waals surface area contributed by atoms with Crippen LogP contribution in [0.3, 0.4) is 0 Å². The minimum atomic E-state index is -3.82. The number of ether oxygens (including phenoxy) is 1. The van der Waals surface area contributed by atoms with Crippen molar-refractivity contribution in [3.63, 3.8) is 0 Å². The Morgan fingerprint density at radius 1 is 1.37 bits per heavy atom. The van der Waals surface area contributed by atoms with Gasteiger partial charge in [0.05, 0.1) is 12.3 Å². The third-order valence-corrected chi connectivity index (χ3v) is 6.30. The van der Waals surface area contributed by atoms with E-state index in [-0.39, 0.29) is 36.5 Å². The summed E-state index contributed by atoms with van der Waals surface area (Å²) in [5.41, 5.74) is 0.184. The molecule has 148 valence electrons. The van der Waals surface area contributed by atoms with Crippen molar-refractivity contribution in [2.24, 2.45) is 0 Å². The Morgan fingerprint density at radius 2 is 2.11 bits per heavy atom. The summed E-state index contributed by atoms with van der Waals surface area (Å²) >= 11 is 0. The maximum Gasteiger partial charge on any atom is 0.243 e. The Kier molecular flexibility index (Phi) is 6.08. The van der Waals surface area contributed by atoms with Crippen LogP contribution in [0.15, 0.2) is 6.20 Å². The second-order valence-corrected chi connectivity index (χ2v) is 8.62. The van der Waals surface area contributed by atoms with Gasteiger partial charge in [-0.25, -0.2) is 17.8 Å². The average Bonchev–Trinajstić information content (AvgIpc) is 3.07. The van der Waals surface area contributed by atoms with E-state index in [4.69, 9.17) is 4.74 Å². The first-order valence-corrected chi connectivity index (χ1v) is 10.5. The summed E-state index contributed by atoms with van der Waals surface area (Å²) in [6.07, 6.45) is 3.56. The van der Waals surface area contributed by atoms with Gasteiger partial charge in [-0.1, -0.05) is 0 Å². The summed E-state index contributed by atoms with van der Waals surface area (Å²) in [5, 5.41) is 22.2. The molecule has 0 radical (unpaired) electrons. The molecule has 2 aliphatic rings. The Hall–Kier alpha value is -2.03. The van der Waals surface area contributed by atoms with Crippen molar-refractivity contribution in [1.29, 1.82) is 5.26 Å². The van der Waals surface area contributed by atoms with Gasteiger partial charge in [0.1, 0.15) is 17.7 Å². The number of halogens is 1. The summed E-state index contributed by atoms with van der Waals surface area (Å²) in [6.45, 7) is 0.440. The molecule has 0 aromatic carbocycles. The van der Waals surface area contributed by atoms with Crippen molar-refractivity contribution in [2.45, 2.75) is 50.4 Å². The third kappa shape index (κ3) is 4.63. The highest BCUT2D eigenvalue weighted by molar-refractivity contribution is 7.88. The van der Waals surface area contributed by atoms with E-state index in [1.165, 1.54) is 6.20 Å². The fraction of sp³-hybridized carbons (Fsp3) is 0.688. The quantitative estimate of drug-likeness (QED) is 0.718. The number of nitrogens with one attached hydrogen (secondary N) is 1. The number of anilines is 1. The molecule has 1 aromatic heterocycles. The summed E-state index contributed by atoms with van der Waals surface area (Å²) in [5.74, 6) is 0.390. The lowest BCUT2D eigenvalue weighted by molar-refractivity contribution is 0.0572. The molecular weight excluding hydrogens is 377 g/mol. The lowest BCUT2D eigenvalue weighted by Crippen LogP contribution is -2.43. The van der Waals surface area contributed by atoms with Crippen molar-refractivity contribution in [1.82, 2.24) is 14.3 Å². The number of aliphatic hydroxyl groups excluding tert-OH is 1. The number of alkyl halides is 1.